The smallest absolute Gasteiger partial charge is 0.253 e. The van der Waals surface area contributed by atoms with Crippen molar-refractivity contribution in [1.82, 2.24) is 19.9 Å². The molecule has 1 amide bonds. The van der Waals surface area contributed by atoms with E-state index in [0.29, 0.717) is 23.7 Å². The second kappa shape index (κ2) is 7.76. The number of aromatic nitrogens is 3. The molecule has 0 bridgehead atoms. The highest BCUT2D eigenvalue weighted by Crippen LogP contribution is 2.18. The van der Waals surface area contributed by atoms with Gasteiger partial charge in [0, 0.05) is 32.1 Å². The molecule has 7 heteroatoms. The SMILES string of the molecule is CCc1ccc([C@H](COC)NC(=O)c2ccc(-n3ccnc3)nc2)o1. The van der Waals surface area contributed by atoms with Crippen molar-refractivity contribution in [2.45, 2.75) is 19.4 Å². The Hall–Kier alpha value is -2.93. The molecule has 3 aromatic heterocycles. The summed E-state index contributed by atoms with van der Waals surface area (Å²) in [7, 11) is 1.59. The van der Waals surface area contributed by atoms with Gasteiger partial charge in [-0.15, -0.1) is 0 Å². The molecule has 1 N–H and O–H groups in total. The molecule has 0 fully saturated rings. The third kappa shape index (κ3) is 3.95. The molecule has 3 rings (SSSR count). The summed E-state index contributed by atoms with van der Waals surface area (Å²) >= 11 is 0. The first kappa shape index (κ1) is 16.9. The van der Waals surface area contributed by atoms with E-state index in [9.17, 15) is 4.79 Å². The standard InChI is InChI=1S/C18H20N4O3/c1-3-14-5-6-16(25-14)15(11-24-2)21-18(23)13-4-7-17(20-10-13)22-9-8-19-12-22/h4-10,12,15H,3,11H2,1-2H3,(H,21,23)/t15-/m0/s1. The number of nitrogens with one attached hydrogen (secondary N) is 1. The van der Waals surface area contributed by atoms with Crippen LogP contribution >= 0.6 is 0 Å². The van der Waals surface area contributed by atoms with Gasteiger partial charge in [-0.3, -0.25) is 9.36 Å². The Labute approximate surface area is 145 Å². The zero-order chi connectivity index (χ0) is 17.6. The average molecular weight is 340 g/mol. The Balaban J connectivity index is 1.72. The Morgan fingerprint density at radius 3 is 2.84 bits per heavy atom. The van der Waals surface area contributed by atoms with Crippen LogP contribution in [0.3, 0.4) is 0 Å². The van der Waals surface area contributed by atoms with Gasteiger partial charge in [-0.2, -0.15) is 0 Å². The van der Waals surface area contributed by atoms with Crippen molar-refractivity contribution >= 4 is 5.91 Å². The van der Waals surface area contributed by atoms with Gasteiger partial charge in [0.15, 0.2) is 0 Å². The maximum atomic E-state index is 12.5. The first-order chi connectivity index (χ1) is 12.2. The summed E-state index contributed by atoms with van der Waals surface area (Å²) in [4.78, 5) is 20.8. The average Bonchev–Trinajstić information content (AvgIpc) is 3.33. The van der Waals surface area contributed by atoms with Crippen molar-refractivity contribution in [2.75, 3.05) is 13.7 Å². The van der Waals surface area contributed by atoms with E-state index in [1.165, 1.54) is 6.20 Å². The van der Waals surface area contributed by atoms with Gasteiger partial charge >= 0.3 is 0 Å². The summed E-state index contributed by atoms with van der Waals surface area (Å²) in [5, 5.41) is 2.93. The van der Waals surface area contributed by atoms with E-state index in [4.69, 9.17) is 9.15 Å². The monoisotopic (exact) mass is 340 g/mol. The number of pyridine rings is 1. The van der Waals surface area contributed by atoms with Crippen LogP contribution in [0.25, 0.3) is 5.82 Å². The highest BCUT2D eigenvalue weighted by molar-refractivity contribution is 5.94. The summed E-state index contributed by atoms with van der Waals surface area (Å²) in [5.41, 5.74) is 0.465. The highest BCUT2D eigenvalue weighted by Gasteiger charge is 2.19. The van der Waals surface area contributed by atoms with Crippen LogP contribution in [0.15, 0.2) is 53.6 Å². The number of methoxy groups -OCH3 is 1. The van der Waals surface area contributed by atoms with Crippen molar-refractivity contribution in [3.63, 3.8) is 0 Å². The van der Waals surface area contributed by atoms with Crippen molar-refractivity contribution in [3.05, 3.63) is 66.3 Å². The van der Waals surface area contributed by atoms with Gasteiger partial charge in [-0.25, -0.2) is 9.97 Å². The lowest BCUT2D eigenvalue weighted by Crippen LogP contribution is -2.31. The fraction of sp³-hybridized carbons (Fsp3) is 0.278. The molecule has 0 aliphatic rings. The van der Waals surface area contributed by atoms with Gasteiger partial charge in [0.1, 0.15) is 29.7 Å². The number of nitrogens with zero attached hydrogens (tertiary/aromatic N) is 3. The molecule has 0 aromatic carbocycles. The molecule has 130 valence electrons. The second-order valence-electron chi connectivity index (χ2n) is 5.51. The van der Waals surface area contributed by atoms with Gasteiger partial charge in [0.05, 0.1) is 12.2 Å². The van der Waals surface area contributed by atoms with E-state index in [2.05, 4.69) is 15.3 Å². The Bertz CT molecular complexity index is 809. The number of carbonyl (C=O) groups is 1. The number of amides is 1. The molecule has 0 radical (unpaired) electrons. The maximum absolute atomic E-state index is 12.5. The first-order valence-electron chi connectivity index (χ1n) is 8.04. The third-order valence-corrected chi connectivity index (χ3v) is 3.79. The Morgan fingerprint density at radius 2 is 2.24 bits per heavy atom. The lowest BCUT2D eigenvalue weighted by atomic mass is 10.2. The zero-order valence-corrected chi connectivity index (χ0v) is 14.2. The number of rotatable bonds is 7. The third-order valence-electron chi connectivity index (χ3n) is 3.79. The Morgan fingerprint density at radius 1 is 1.36 bits per heavy atom. The Kier molecular flexibility index (Phi) is 5.25. The number of carbonyl (C=O) groups excluding carboxylic acids is 1. The van der Waals surface area contributed by atoms with Crippen LogP contribution in [-0.2, 0) is 11.2 Å². The summed E-state index contributed by atoms with van der Waals surface area (Å²) in [6, 6.07) is 6.91. The van der Waals surface area contributed by atoms with Crippen LogP contribution in [0.5, 0.6) is 0 Å². The molecule has 7 nitrogen and oxygen atoms in total. The first-order valence-corrected chi connectivity index (χ1v) is 8.04. The fourth-order valence-corrected chi connectivity index (χ4v) is 2.44. The number of hydrogen-bond acceptors (Lipinski definition) is 5. The van der Waals surface area contributed by atoms with E-state index in [-0.39, 0.29) is 11.9 Å². The predicted molar refractivity (Wildman–Crippen MR) is 91.5 cm³/mol. The molecule has 0 aliphatic heterocycles. The summed E-state index contributed by atoms with van der Waals surface area (Å²) < 4.78 is 12.7. The van der Waals surface area contributed by atoms with Crippen molar-refractivity contribution in [1.29, 1.82) is 0 Å². The number of aryl methyl sites for hydroxylation is 1. The summed E-state index contributed by atoms with van der Waals surface area (Å²) in [5.74, 6) is 2.01. The lowest BCUT2D eigenvalue weighted by Gasteiger charge is -2.16. The van der Waals surface area contributed by atoms with Crippen LogP contribution in [0, 0.1) is 0 Å². The molecule has 25 heavy (non-hydrogen) atoms. The number of furan rings is 1. The molecule has 0 unspecified atom stereocenters. The van der Waals surface area contributed by atoms with Crippen LogP contribution in [0.2, 0.25) is 0 Å². The lowest BCUT2D eigenvalue weighted by molar-refractivity contribution is 0.0882. The van der Waals surface area contributed by atoms with Crippen LogP contribution in [0.1, 0.15) is 34.8 Å². The van der Waals surface area contributed by atoms with Crippen molar-refractivity contribution in [2.24, 2.45) is 0 Å². The van der Waals surface area contributed by atoms with E-state index in [0.717, 1.165) is 12.2 Å². The van der Waals surface area contributed by atoms with E-state index in [1.807, 2.05) is 19.1 Å². The largest absolute Gasteiger partial charge is 0.464 e. The molecular weight excluding hydrogens is 320 g/mol. The molecule has 3 aromatic rings. The minimum atomic E-state index is -0.355. The maximum Gasteiger partial charge on any atom is 0.253 e. The van der Waals surface area contributed by atoms with Gasteiger partial charge in [0.2, 0.25) is 0 Å². The van der Waals surface area contributed by atoms with Gasteiger partial charge in [-0.05, 0) is 24.3 Å². The molecular formula is C18H20N4O3. The van der Waals surface area contributed by atoms with Gasteiger partial charge in [-0.1, -0.05) is 6.92 Å². The molecule has 3 heterocycles. The minimum Gasteiger partial charge on any atom is -0.464 e. The van der Waals surface area contributed by atoms with Gasteiger partial charge in [0.25, 0.3) is 5.91 Å². The van der Waals surface area contributed by atoms with Crippen LogP contribution in [0.4, 0.5) is 0 Å². The fourth-order valence-electron chi connectivity index (χ4n) is 2.44. The van der Waals surface area contributed by atoms with Crippen molar-refractivity contribution < 1.29 is 13.9 Å². The number of hydrogen-bond donors (Lipinski definition) is 1. The van der Waals surface area contributed by atoms with Crippen LogP contribution in [-0.4, -0.2) is 34.2 Å². The summed E-state index contributed by atoms with van der Waals surface area (Å²) in [6.07, 6.45) is 7.45. The van der Waals surface area contributed by atoms with E-state index in [1.54, 1.807) is 42.5 Å². The summed E-state index contributed by atoms with van der Waals surface area (Å²) in [6.45, 7) is 2.34. The topological polar surface area (TPSA) is 82.2 Å². The van der Waals surface area contributed by atoms with Crippen LogP contribution < -0.4 is 5.32 Å². The van der Waals surface area contributed by atoms with Crippen molar-refractivity contribution in [3.8, 4) is 5.82 Å². The quantitative estimate of drug-likeness (QED) is 0.715. The predicted octanol–water partition coefficient (Wildman–Crippen LogP) is 2.54. The number of ether oxygens (including phenoxy) is 1. The normalized spacial score (nSPS) is 12.1. The van der Waals surface area contributed by atoms with Gasteiger partial charge < -0.3 is 14.5 Å². The molecule has 1 atom stereocenters. The molecule has 0 aliphatic carbocycles. The highest BCUT2D eigenvalue weighted by atomic mass is 16.5. The zero-order valence-electron chi connectivity index (χ0n) is 14.2. The molecule has 0 spiro atoms. The van der Waals surface area contributed by atoms with E-state index < -0.39 is 0 Å². The molecule has 0 saturated heterocycles. The number of imidazole rings is 1. The molecule has 0 saturated carbocycles. The van der Waals surface area contributed by atoms with E-state index >= 15 is 0 Å². The minimum absolute atomic E-state index is 0.235. The second-order valence-corrected chi connectivity index (χ2v) is 5.51.